The van der Waals surface area contributed by atoms with Gasteiger partial charge in [0.2, 0.25) is 0 Å². The van der Waals surface area contributed by atoms with Gasteiger partial charge in [-0.1, -0.05) is 58.0 Å². The van der Waals surface area contributed by atoms with E-state index in [4.69, 9.17) is 62.7 Å². The van der Waals surface area contributed by atoms with Crippen LogP contribution in [0, 0.1) is 0 Å². The average molecular weight is 363 g/mol. The van der Waals surface area contributed by atoms with Crippen molar-refractivity contribution in [2.75, 3.05) is 6.61 Å². The van der Waals surface area contributed by atoms with Crippen molar-refractivity contribution in [1.29, 1.82) is 0 Å². The lowest BCUT2D eigenvalue weighted by molar-refractivity contribution is -0.0887. The van der Waals surface area contributed by atoms with Gasteiger partial charge in [-0.3, -0.25) is 0 Å². The zero-order valence-corrected chi connectivity index (χ0v) is 13.8. The molecule has 1 unspecified atom stereocenters. The van der Waals surface area contributed by atoms with Crippen LogP contribution in [0.5, 0.6) is 0 Å². The molecule has 0 spiro atoms. The average Bonchev–Trinajstić information content (AvgIpc) is 2.26. The molecule has 1 heterocycles. The first-order chi connectivity index (χ1) is 8.81. The summed E-state index contributed by atoms with van der Waals surface area (Å²) in [5.74, 6) is 0. The van der Waals surface area contributed by atoms with Gasteiger partial charge in [0.15, 0.2) is 3.79 Å². The van der Waals surface area contributed by atoms with Crippen LogP contribution < -0.4 is 0 Å². The lowest BCUT2D eigenvalue weighted by Gasteiger charge is -2.40. The summed E-state index contributed by atoms with van der Waals surface area (Å²) in [6.45, 7) is 0.644. The number of benzene rings is 1. The molecule has 0 bridgehead atoms. The van der Waals surface area contributed by atoms with E-state index in [1.165, 1.54) is 0 Å². The van der Waals surface area contributed by atoms with E-state index >= 15 is 0 Å². The zero-order valence-electron chi connectivity index (χ0n) is 10.1. The van der Waals surface area contributed by atoms with Gasteiger partial charge in [-0.2, -0.15) is 0 Å². The lowest BCUT2D eigenvalue weighted by atomic mass is 9.84. The highest BCUT2D eigenvalue weighted by Gasteiger charge is 2.42. The Morgan fingerprint density at radius 1 is 1.05 bits per heavy atom. The molecule has 0 aliphatic carbocycles. The molecule has 0 saturated carbocycles. The van der Waals surface area contributed by atoms with Crippen LogP contribution in [0.4, 0.5) is 0 Å². The first-order valence-electron chi connectivity index (χ1n) is 5.98. The van der Waals surface area contributed by atoms with Crippen molar-refractivity contribution >= 4 is 58.0 Å². The second-order valence-electron chi connectivity index (χ2n) is 4.75. The molecule has 1 aromatic carbocycles. The Hall–Kier alpha value is 0.630. The number of halogens is 5. The summed E-state index contributed by atoms with van der Waals surface area (Å²) < 4.78 is 4.58. The van der Waals surface area contributed by atoms with E-state index in [9.17, 15) is 0 Å². The van der Waals surface area contributed by atoms with Crippen LogP contribution in [0.15, 0.2) is 18.2 Å². The van der Waals surface area contributed by atoms with Gasteiger partial charge in [0.1, 0.15) is 0 Å². The van der Waals surface area contributed by atoms with E-state index in [1.807, 2.05) is 12.1 Å². The molecule has 0 N–H and O–H groups in total. The van der Waals surface area contributed by atoms with Crippen molar-refractivity contribution in [3.05, 3.63) is 33.8 Å². The molecule has 0 radical (unpaired) electrons. The maximum absolute atomic E-state index is 6.06. The second kappa shape index (κ2) is 6.17. The van der Waals surface area contributed by atoms with Gasteiger partial charge in [0.05, 0.1) is 5.60 Å². The molecule has 0 amide bonds. The summed E-state index contributed by atoms with van der Waals surface area (Å²) in [4.78, 5) is 0. The maximum Gasteiger partial charge on any atom is 0.193 e. The van der Waals surface area contributed by atoms with Gasteiger partial charge in [-0.05, 0) is 43.0 Å². The van der Waals surface area contributed by atoms with Crippen LogP contribution in [0.3, 0.4) is 0 Å². The Labute approximate surface area is 138 Å². The summed E-state index contributed by atoms with van der Waals surface area (Å²) in [6.07, 6.45) is 3.10. The smallest absolute Gasteiger partial charge is 0.193 e. The monoisotopic (exact) mass is 360 g/mol. The fraction of sp³-hybridized carbons (Fsp3) is 0.538. The van der Waals surface area contributed by atoms with E-state index in [0.29, 0.717) is 16.7 Å². The summed E-state index contributed by atoms with van der Waals surface area (Å²) in [5, 5.41) is 1.11. The number of alkyl halides is 3. The number of ether oxygens (including phenoxy) is 1. The van der Waals surface area contributed by atoms with Crippen LogP contribution in [-0.4, -0.2) is 10.4 Å². The van der Waals surface area contributed by atoms with E-state index in [-0.39, 0.29) is 6.42 Å². The molecule has 1 atom stereocenters. The highest BCUT2D eigenvalue weighted by Crippen LogP contribution is 2.47. The molecule has 6 heteroatoms. The minimum atomic E-state index is -1.38. The molecule has 1 aliphatic heterocycles. The molecule has 1 aromatic rings. The van der Waals surface area contributed by atoms with Crippen molar-refractivity contribution in [1.82, 2.24) is 0 Å². The minimum absolute atomic E-state index is 0.279. The predicted molar refractivity (Wildman–Crippen MR) is 82.9 cm³/mol. The SMILES string of the molecule is Clc1cc(Cl)cc(C2(CC(Cl)(Cl)Cl)CCCCO2)c1. The number of hydrogen-bond donors (Lipinski definition) is 0. The zero-order chi connectivity index (χ0) is 14.1. The normalized spacial score (nSPS) is 24.5. The summed E-state index contributed by atoms with van der Waals surface area (Å²) in [6, 6.07) is 5.34. The Kier molecular flexibility index (Phi) is 5.20. The summed E-state index contributed by atoms with van der Waals surface area (Å²) in [5.41, 5.74) is 0.244. The highest BCUT2D eigenvalue weighted by molar-refractivity contribution is 6.67. The second-order valence-corrected chi connectivity index (χ2v) is 8.14. The van der Waals surface area contributed by atoms with Crippen LogP contribution in [0.1, 0.15) is 31.2 Å². The third-order valence-electron chi connectivity index (χ3n) is 3.23. The molecule has 1 nitrogen and oxygen atoms in total. The van der Waals surface area contributed by atoms with Crippen molar-refractivity contribution in [2.24, 2.45) is 0 Å². The van der Waals surface area contributed by atoms with Crippen LogP contribution in [0.25, 0.3) is 0 Å². The Bertz CT molecular complexity index is 429. The third-order valence-corrected chi connectivity index (χ3v) is 4.07. The molecule has 1 fully saturated rings. The number of rotatable bonds is 2. The fourth-order valence-corrected chi connectivity index (χ4v) is 3.64. The highest BCUT2D eigenvalue weighted by atomic mass is 35.6. The molecular formula is C13H13Cl5O. The van der Waals surface area contributed by atoms with Gasteiger partial charge in [0.25, 0.3) is 0 Å². The fourth-order valence-electron chi connectivity index (χ4n) is 2.46. The van der Waals surface area contributed by atoms with Crippen LogP contribution >= 0.6 is 58.0 Å². The van der Waals surface area contributed by atoms with Crippen molar-refractivity contribution in [3.8, 4) is 0 Å². The first kappa shape index (κ1) is 16.0. The Balaban J connectivity index is 2.41. The van der Waals surface area contributed by atoms with Gasteiger partial charge < -0.3 is 4.74 Å². The van der Waals surface area contributed by atoms with Gasteiger partial charge in [-0.15, -0.1) is 0 Å². The third kappa shape index (κ3) is 4.30. The maximum atomic E-state index is 6.06. The van der Waals surface area contributed by atoms with Crippen molar-refractivity contribution < 1.29 is 4.74 Å². The van der Waals surface area contributed by atoms with Gasteiger partial charge >= 0.3 is 0 Å². The van der Waals surface area contributed by atoms with Crippen molar-refractivity contribution in [3.63, 3.8) is 0 Å². The molecule has 106 valence electrons. The molecule has 0 aromatic heterocycles. The first-order valence-corrected chi connectivity index (χ1v) is 7.87. The molecule has 19 heavy (non-hydrogen) atoms. The molecule has 1 aliphatic rings. The topological polar surface area (TPSA) is 9.23 Å². The van der Waals surface area contributed by atoms with E-state index in [1.54, 1.807) is 6.07 Å². The van der Waals surface area contributed by atoms with E-state index < -0.39 is 9.39 Å². The molecule has 2 rings (SSSR count). The quantitative estimate of drug-likeness (QED) is 0.573. The summed E-state index contributed by atoms with van der Waals surface area (Å²) >= 11 is 30.0. The van der Waals surface area contributed by atoms with Crippen molar-refractivity contribution in [2.45, 2.75) is 35.1 Å². The van der Waals surface area contributed by atoms with Gasteiger partial charge in [0, 0.05) is 23.1 Å². The van der Waals surface area contributed by atoms with E-state index in [0.717, 1.165) is 24.8 Å². The molecular weight excluding hydrogens is 349 g/mol. The lowest BCUT2D eigenvalue weighted by Crippen LogP contribution is -2.37. The summed E-state index contributed by atoms with van der Waals surface area (Å²) in [7, 11) is 0. The number of hydrogen-bond acceptors (Lipinski definition) is 1. The van der Waals surface area contributed by atoms with Gasteiger partial charge in [-0.25, -0.2) is 0 Å². The molecule has 1 saturated heterocycles. The van der Waals surface area contributed by atoms with Crippen LogP contribution in [0.2, 0.25) is 10.0 Å². The van der Waals surface area contributed by atoms with Crippen LogP contribution in [-0.2, 0) is 10.3 Å². The minimum Gasteiger partial charge on any atom is -0.370 e. The Morgan fingerprint density at radius 2 is 1.68 bits per heavy atom. The van der Waals surface area contributed by atoms with E-state index in [2.05, 4.69) is 0 Å². The Morgan fingerprint density at radius 3 is 2.16 bits per heavy atom. The standard InChI is InChI=1S/C13H13Cl5O/c14-10-5-9(6-11(15)7-10)12(8-13(16,17)18)3-1-2-4-19-12/h5-7H,1-4,8H2. The predicted octanol–water partition coefficient (Wildman–Crippen LogP) is 6.15. The largest absolute Gasteiger partial charge is 0.370 e.